The summed E-state index contributed by atoms with van der Waals surface area (Å²) in [5, 5.41) is 2.97. The number of anilines is 1. The highest BCUT2D eigenvalue weighted by Gasteiger charge is 2.04. The van der Waals surface area contributed by atoms with E-state index in [9.17, 15) is 4.79 Å². The van der Waals surface area contributed by atoms with Gasteiger partial charge in [-0.1, -0.05) is 60.2 Å². The molecule has 0 heterocycles. The van der Waals surface area contributed by atoms with E-state index in [1.54, 1.807) is 23.5 Å². The third-order valence-electron chi connectivity index (χ3n) is 4.01. The summed E-state index contributed by atoms with van der Waals surface area (Å²) < 4.78 is 0. The monoisotopic (exact) mass is 393 g/mol. The van der Waals surface area contributed by atoms with Gasteiger partial charge in [0.1, 0.15) is 0 Å². The summed E-state index contributed by atoms with van der Waals surface area (Å²) in [6.45, 7) is 2.08. The third kappa shape index (κ3) is 6.81. The van der Waals surface area contributed by atoms with Crippen LogP contribution in [0.1, 0.15) is 16.7 Å². The lowest BCUT2D eigenvalue weighted by Crippen LogP contribution is -2.14. The Morgan fingerprint density at radius 3 is 2.19 bits per heavy atom. The quantitative estimate of drug-likeness (QED) is 0.465. The molecule has 0 saturated carbocycles. The summed E-state index contributed by atoms with van der Waals surface area (Å²) in [5.41, 5.74) is 4.66. The van der Waals surface area contributed by atoms with Crippen molar-refractivity contribution in [3.05, 3.63) is 95.6 Å². The van der Waals surface area contributed by atoms with Gasteiger partial charge in [-0.15, -0.1) is 23.5 Å². The van der Waals surface area contributed by atoms with Crippen molar-refractivity contribution in [2.45, 2.75) is 23.3 Å². The van der Waals surface area contributed by atoms with Crippen LogP contribution in [-0.4, -0.2) is 11.7 Å². The van der Waals surface area contributed by atoms with Gasteiger partial charge in [-0.2, -0.15) is 0 Å². The SMILES string of the molecule is Cc1ccc(CSCC(=O)Nc2ccc(SCc3ccccc3)cc2)cc1. The van der Waals surface area contributed by atoms with Crippen LogP contribution in [0.5, 0.6) is 0 Å². The van der Waals surface area contributed by atoms with E-state index in [0.29, 0.717) is 5.75 Å². The minimum atomic E-state index is 0.0387. The van der Waals surface area contributed by atoms with Crippen molar-refractivity contribution in [2.75, 3.05) is 11.1 Å². The van der Waals surface area contributed by atoms with Gasteiger partial charge in [-0.05, 0) is 42.3 Å². The number of thioether (sulfide) groups is 2. The van der Waals surface area contributed by atoms with Crippen molar-refractivity contribution < 1.29 is 4.79 Å². The highest BCUT2D eigenvalue weighted by molar-refractivity contribution is 7.99. The molecule has 0 aromatic heterocycles. The fraction of sp³-hybridized carbons (Fsp3) is 0.174. The number of carbonyl (C=O) groups is 1. The zero-order chi connectivity index (χ0) is 18.9. The second-order valence-electron chi connectivity index (χ2n) is 6.33. The number of hydrogen-bond acceptors (Lipinski definition) is 3. The predicted molar refractivity (Wildman–Crippen MR) is 118 cm³/mol. The number of aryl methyl sites for hydroxylation is 1. The van der Waals surface area contributed by atoms with Crippen LogP contribution in [0.3, 0.4) is 0 Å². The van der Waals surface area contributed by atoms with E-state index in [1.807, 2.05) is 18.2 Å². The average Bonchev–Trinajstić information content (AvgIpc) is 2.70. The Kier molecular flexibility index (Phi) is 7.43. The Labute approximate surface area is 169 Å². The minimum absolute atomic E-state index is 0.0387. The van der Waals surface area contributed by atoms with E-state index >= 15 is 0 Å². The summed E-state index contributed by atoms with van der Waals surface area (Å²) in [7, 11) is 0. The lowest BCUT2D eigenvalue weighted by molar-refractivity contribution is -0.113. The maximum Gasteiger partial charge on any atom is 0.234 e. The zero-order valence-electron chi connectivity index (χ0n) is 15.4. The summed E-state index contributed by atoms with van der Waals surface area (Å²) in [4.78, 5) is 13.3. The highest BCUT2D eigenvalue weighted by Crippen LogP contribution is 2.24. The summed E-state index contributed by atoms with van der Waals surface area (Å²) in [6, 6.07) is 26.9. The predicted octanol–water partition coefficient (Wildman–Crippen LogP) is 6.16. The minimum Gasteiger partial charge on any atom is -0.325 e. The molecule has 1 N–H and O–H groups in total. The van der Waals surface area contributed by atoms with Gasteiger partial charge in [0.05, 0.1) is 5.75 Å². The van der Waals surface area contributed by atoms with Crippen LogP contribution < -0.4 is 5.32 Å². The van der Waals surface area contributed by atoms with Crippen LogP contribution in [0, 0.1) is 6.92 Å². The van der Waals surface area contributed by atoms with Gasteiger partial charge in [-0.3, -0.25) is 4.79 Å². The fourth-order valence-electron chi connectivity index (χ4n) is 2.52. The van der Waals surface area contributed by atoms with Gasteiger partial charge in [0.25, 0.3) is 0 Å². The van der Waals surface area contributed by atoms with Crippen LogP contribution >= 0.6 is 23.5 Å². The van der Waals surface area contributed by atoms with Crippen LogP contribution in [0.25, 0.3) is 0 Å². The number of carbonyl (C=O) groups excluding carboxylic acids is 1. The molecule has 0 saturated heterocycles. The number of rotatable bonds is 8. The molecule has 1 amide bonds. The molecular formula is C23H23NOS2. The molecule has 3 aromatic rings. The zero-order valence-corrected chi connectivity index (χ0v) is 17.0. The average molecular weight is 394 g/mol. The van der Waals surface area contributed by atoms with Crippen molar-refractivity contribution in [1.29, 1.82) is 0 Å². The van der Waals surface area contributed by atoms with Gasteiger partial charge >= 0.3 is 0 Å². The van der Waals surface area contributed by atoms with Gasteiger partial charge in [0.15, 0.2) is 0 Å². The van der Waals surface area contributed by atoms with Gasteiger partial charge < -0.3 is 5.32 Å². The molecule has 4 heteroatoms. The molecule has 0 radical (unpaired) electrons. The molecule has 0 atom stereocenters. The van der Waals surface area contributed by atoms with Crippen molar-refractivity contribution in [2.24, 2.45) is 0 Å². The van der Waals surface area contributed by atoms with E-state index in [0.717, 1.165) is 17.2 Å². The van der Waals surface area contributed by atoms with Crippen molar-refractivity contribution in [3.8, 4) is 0 Å². The number of amides is 1. The Hall–Kier alpha value is -2.17. The van der Waals surface area contributed by atoms with E-state index in [2.05, 4.69) is 72.9 Å². The molecule has 27 heavy (non-hydrogen) atoms. The molecule has 0 aliphatic rings. The smallest absolute Gasteiger partial charge is 0.234 e. The van der Waals surface area contributed by atoms with E-state index in [4.69, 9.17) is 0 Å². The molecule has 3 rings (SSSR count). The molecule has 0 fully saturated rings. The lowest BCUT2D eigenvalue weighted by atomic mass is 10.2. The largest absolute Gasteiger partial charge is 0.325 e. The first kappa shape index (κ1) is 19.6. The van der Waals surface area contributed by atoms with Gasteiger partial charge in [0, 0.05) is 22.1 Å². The molecule has 0 aliphatic carbocycles. The molecule has 0 spiro atoms. The fourth-order valence-corrected chi connectivity index (χ4v) is 4.16. The summed E-state index contributed by atoms with van der Waals surface area (Å²) >= 11 is 3.43. The maximum atomic E-state index is 12.1. The number of hydrogen-bond donors (Lipinski definition) is 1. The first-order valence-corrected chi connectivity index (χ1v) is 11.0. The highest BCUT2D eigenvalue weighted by atomic mass is 32.2. The number of benzene rings is 3. The standard InChI is InChI=1S/C23H23NOS2/c1-18-7-9-20(10-8-18)15-26-17-23(25)24-21-11-13-22(14-12-21)27-16-19-5-3-2-4-6-19/h2-14H,15-17H2,1H3,(H,24,25). The molecule has 138 valence electrons. The van der Waals surface area contributed by atoms with Crippen molar-refractivity contribution in [3.63, 3.8) is 0 Å². The van der Waals surface area contributed by atoms with Gasteiger partial charge in [0.2, 0.25) is 5.91 Å². The number of nitrogens with one attached hydrogen (secondary N) is 1. The Bertz CT molecular complexity index is 846. The first-order chi connectivity index (χ1) is 13.2. The van der Waals surface area contributed by atoms with Gasteiger partial charge in [-0.25, -0.2) is 0 Å². The second-order valence-corrected chi connectivity index (χ2v) is 8.36. The molecule has 0 bridgehead atoms. The maximum absolute atomic E-state index is 12.1. The topological polar surface area (TPSA) is 29.1 Å². The summed E-state index contributed by atoms with van der Waals surface area (Å²) in [5.74, 6) is 2.29. The van der Waals surface area contributed by atoms with Crippen LogP contribution in [0.2, 0.25) is 0 Å². The molecule has 2 nitrogen and oxygen atoms in total. The first-order valence-electron chi connectivity index (χ1n) is 8.89. The van der Waals surface area contributed by atoms with E-state index in [1.165, 1.54) is 21.6 Å². The van der Waals surface area contributed by atoms with Crippen LogP contribution in [0.15, 0.2) is 83.8 Å². The van der Waals surface area contributed by atoms with E-state index in [-0.39, 0.29) is 5.91 Å². The molecular weight excluding hydrogens is 370 g/mol. The van der Waals surface area contributed by atoms with E-state index < -0.39 is 0 Å². The van der Waals surface area contributed by atoms with Crippen molar-refractivity contribution >= 4 is 35.1 Å². The summed E-state index contributed by atoms with van der Waals surface area (Å²) in [6.07, 6.45) is 0. The lowest BCUT2D eigenvalue weighted by Gasteiger charge is -2.07. The Balaban J connectivity index is 1.40. The molecule has 0 aliphatic heterocycles. The Morgan fingerprint density at radius 1 is 0.815 bits per heavy atom. The van der Waals surface area contributed by atoms with Crippen LogP contribution in [0.4, 0.5) is 5.69 Å². The molecule has 3 aromatic carbocycles. The van der Waals surface area contributed by atoms with Crippen molar-refractivity contribution in [1.82, 2.24) is 0 Å². The Morgan fingerprint density at radius 2 is 1.48 bits per heavy atom. The second kappa shape index (κ2) is 10.2. The molecule has 0 unspecified atom stereocenters. The van der Waals surface area contributed by atoms with Crippen LogP contribution in [-0.2, 0) is 16.3 Å². The third-order valence-corrected chi connectivity index (χ3v) is 6.10. The normalized spacial score (nSPS) is 10.6.